The standard InChI is InChI=1S/C17H19FN4O2/c1-10-7-13(21-20-10)8-15(23)19-14-9-16(24)22(2)17(14)11-3-5-12(18)6-4-11/h3-7,14,17H,8-9H2,1-2H3,(H,19,23)(H,20,21). The lowest BCUT2D eigenvalue weighted by atomic mass is 10.00. The second kappa shape index (κ2) is 6.43. The van der Waals surface area contributed by atoms with Crippen molar-refractivity contribution in [3.8, 4) is 0 Å². The molecule has 24 heavy (non-hydrogen) atoms. The van der Waals surface area contributed by atoms with Gasteiger partial charge in [0.1, 0.15) is 5.82 Å². The molecule has 1 aliphatic heterocycles. The zero-order chi connectivity index (χ0) is 17.3. The number of benzene rings is 1. The summed E-state index contributed by atoms with van der Waals surface area (Å²) in [4.78, 5) is 25.9. The number of hydrogen-bond donors (Lipinski definition) is 2. The smallest absolute Gasteiger partial charge is 0.226 e. The minimum atomic E-state index is -0.347. The maximum absolute atomic E-state index is 13.1. The van der Waals surface area contributed by atoms with E-state index in [1.807, 2.05) is 13.0 Å². The number of nitrogens with one attached hydrogen (secondary N) is 2. The first-order chi connectivity index (χ1) is 11.4. The van der Waals surface area contributed by atoms with Crippen molar-refractivity contribution in [1.82, 2.24) is 20.4 Å². The van der Waals surface area contributed by atoms with Gasteiger partial charge in [-0.05, 0) is 30.7 Å². The highest BCUT2D eigenvalue weighted by molar-refractivity contribution is 5.83. The number of carbonyl (C=O) groups excluding carboxylic acids is 2. The summed E-state index contributed by atoms with van der Waals surface area (Å²) in [5, 5.41) is 9.75. The first-order valence-corrected chi connectivity index (χ1v) is 7.75. The van der Waals surface area contributed by atoms with Gasteiger partial charge in [-0.25, -0.2) is 4.39 Å². The van der Waals surface area contributed by atoms with Crippen molar-refractivity contribution in [3.05, 3.63) is 53.1 Å². The zero-order valence-corrected chi connectivity index (χ0v) is 13.5. The SMILES string of the molecule is Cc1cc(CC(=O)NC2CC(=O)N(C)C2c2ccc(F)cc2)n[nH]1. The second-order valence-electron chi connectivity index (χ2n) is 6.10. The van der Waals surface area contributed by atoms with Crippen molar-refractivity contribution in [2.75, 3.05) is 7.05 Å². The van der Waals surface area contributed by atoms with E-state index in [-0.39, 0.29) is 42.6 Å². The van der Waals surface area contributed by atoms with Gasteiger partial charge in [-0.1, -0.05) is 12.1 Å². The van der Waals surface area contributed by atoms with Crippen LogP contribution >= 0.6 is 0 Å². The van der Waals surface area contributed by atoms with E-state index in [0.717, 1.165) is 11.3 Å². The highest BCUT2D eigenvalue weighted by Gasteiger charge is 2.39. The molecule has 2 unspecified atom stereocenters. The topological polar surface area (TPSA) is 78.1 Å². The molecular formula is C17H19FN4O2. The van der Waals surface area contributed by atoms with E-state index in [4.69, 9.17) is 0 Å². The molecule has 0 saturated carbocycles. The van der Waals surface area contributed by atoms with Gasteiger partial charge >= 0.3 is 0 Å². The van der Waals surface area contributed by atoms with Crippen LogP contribution in [-0.2, 0) is 16.0 Å². The van der Waals surface area contributed by atoms with Crippen molar-refractivity contribution in [1.29, 1.82) is 0 Å². The number of carbonyl (C=O) groups is 2. The Hall–Kier alpha value is -2.70. The highest BCUT2D eigenvalue weighted by atomic mass is 19.1. The fourth-order valence-electron chi connectivity index (χ4n) is 3.10. The molecule has 3 rings (SSSR count). The van der Waals surface area contributed by atoms with Crippen LogP contribution in [0.25, 0.3) is 0 Å². The highest BCUT2D eigenvalue weighted by Crippen LogP contribution is 2.32. The Morgan fingerprint density at radius 2 is 2.12 bits per heavy atom. The molecule has 7 heteroatoms. The third-order valence-electron chi connectivity index (χ3n) is 4.24. The molecule has 2 atom stereocenters. The molecule has 1 aromatic heterocycles. The van der Waals surface area contributed by atoms with Crippen molar-refractivity contribution in [3.63, 3.8) is 0 Å². The lowest BCUT2D eigenvalue weighted by molar-refractivity contribution is -0.127. The monoisotopic (exact) mass is 330 g/mol. The number of amides is 2. The predicted octanol–water partition coefficient (Wildman–Crippen LogP) is 1.49. The third kappa shape index (κ3) is 3.29. The summed E-state index contributed by atoms with van der Waals surface area (Å²) in [7, 11) is 1.69. The van der Waals surface area contributed by atoms with Crippen molar-refractivity contribution < 1.29 is 14.0 Å². The molecule has 0 spiro atoms. The number of H-pyrrole nitrogens is 1. The molecule has 1 saturated heterocycles. The van der Waals surface area contributed by atoms with Gasteiger partial charge in [-0.2, -0.15) is 5.10 Å². The molecule has 2 amide bonds. The molecule has 0 radical (unpaired) electrons. The number of nitrogens with zero attached hydrogens (tertiary/aromatic N) is 2. The molecule has 2 N–H and O–H groups in total. The van der Waals surface area contributed by atoms with E-state index in [1.165, 1.54) is 12.1 Å². The zero-order valence-electron chi connectivity index (χ0n) is 13.5. The molecule has 1 aliphatic rings. The van der Waals surface area contributed by atoms with Crippen molar-refractivity contribution in [2.45, 2.75) is 31.8 Å². The summed E-state index contributed by atoms with van der Waals surface area (Å²) < 4.78 is 13.1. The number of aromatic nitrogens is 2. The van der Waals surface area contributed by atoms with Crippen LogP contribution in [0.5, 0.6) is 0 Å². The van der Waals surface area contributed by atoms with Gasteiger partial charge < -0.3 is 10.2 Å². The Kier molecular flexibility index (Phi) is 4.33. The Balaban J connectivity index is 1.73. The maximum Gasteiger partial charge on any atom is 0.226 e. The summed E-state index contributed by atoms with van der Waals surface area (Å²) in [6.07, 6.45) is 0.374. The fourth-order valence-corrected chi connectivity index (χ4v) is 3.10. The molecule has 0 aliphatic carbocycles. The van der Waals surface area contributed by atoms with E-state index in [1.54, 1.807) is 24.1 Å². The van der Waals surface area contributed by atoms with Gasteiger partial charge in [0.25, 0.3) is 0 Å². The maximum atomic E-state index is 13.1. The van der Waals surface area contributed by atoms with Gasteiger partial charge in [-0.3, -0.25) is 14.7 Å². The quantitative estimate of drug-likeness (QED) is 0.891. The Bertz CT molecular complexity index is 756. The van der Waals surface area contributed by atoms with E-state index >= 15 is 0 Å². The molecular weight excluding hydrogens is 311 g/mol. The number of hydrogen-bond acceptors (Lipinski definition) is 3. The van der Waals surface area contributed by atoms with Crippen LogP contribution in [0.1, 0.15) is 29.4 Å². The Labute approximate surface area is 139 Å². The van der Waals surface area contributed by atoms with Gasteiger partial charge in [0, 0.05) is 19.2 Å². The van der Waals surface area contributed by atoms with E-state index in [0.29, 0.717) is 5.69 Å². The molecule has 0 bridgehead atoms. The second-order valence-corrected chi connectivity index (χ2v) is 6.10. The number of rotatable bonds is 4. The van der Waals surface area contributed by atoms with Gasteiger partial charge in [0.05, 0.1) is 24.2 Å². The number of likely N-dealkylation sites (tertiary alicyclic amines) is 1. The van der Waals surface area contributed by atoms with Crippen LogP contribution in [0.3, 0.4) is 0 Å². The third-order valence-corrected chi connectivity index (χ3v) is 4.24. The molecule has 126 valence electrons. The van der Waals surface area contributed by atoms with Crippen LogP contribution in [-0.4, -0.2) is 40.0 Å². The van der Waals surface area contributed by atoms with E-state index < -0.39 is 0 Å². The average Bonchev–Trinajstić information content (AvgIpc) is 3.04. The van der Waals surface area contributed by atoms with Gasteiger partial charge in [0.2, 0.25) is 11.8 Å². The number of halogens is 1. The average molecular weight is 330 g/mol. The van der Waals surface area contributed by atoms with E-state index in [2.05, 4.69) is 15.5 Å². The van der Waals surface area contributed by atoms with Crippen LogP contribution < -0.4 is 5.32 Å². The summed E-state index contributed by atoms with van der Waals surface area (Å²) in [5.74, 6) is -0.577. The van der Waals surface area contributed by atoms with Crippen molar-refractivity contribution in [2.24, 2.45) is 0 Å². The van der Waals surface area contributed by atoms with Gasteiger partial charge in [0.15, 0.2) is 0 Å². The predicted molar refractivity (Wildman–Crippen MR) is 85.5 cm³/mol. The summed E-state index contributed by atoms with van der Waals surface area (Å²) >= 11 is 0. The number of aromatic amines is 1. The Morgan fingerprint density at radius 1 is 1.42 bits per heavy atom. The van der Waals surface area contributed by atoms with Gasteiger partial charge in [-0.15, -0.1) is 0 Å². The molecule has 1 aromatic carbocycles. The summed E-state index contributed by atoms with van der Waals surface area (Å²) in [6, 6.07) is 7.16. The number of aryl methyl sites for hydroxylation is 1. The van der Waals surface area contributed by atoms with E-state index in [9.17, 15) is 14.0 Å². The summed E-state index contributed by atoms with van der Waals surface area (Å²) in [6.45, 7) is 1.86. The summed E-state index contributed by atoms with van der Waals surface area (Å²) in [5.41, 5.74) is 2.34. The van der Waals surface area contributed by atoms with Crippen LogP contribution in [0.15, 0.2) is 30.3 Å². The van der Waals surface area contributed by atoms with Crippen LogP contribution in [0, 0.1) is 12.7 Å². The largest absolute Gasteiger partial charge is 0.350 e. The fraction of sp³-hybridized carbons (Fsp3) is 0.353. The molecule has 1 fully saturated rings. The molecule has 6 nitrogen and oxygen atoms in total. The number of likely N-dealkylation sites (N-methyl/N-ethyl adjacent to an activating group) is 1. The van der Waals surface area contributed by atoms with Crippen LogP contribution in [0.4, 0.5) is 4.39 Å². The minimum Gasteiger partial charge on any atom is -0.350 e. The molecule has 2 heterocycles. The normalized spacial score (nSPS) is 20.5. The molecule has 2 aromatic rings. The Morgan fingerprint density at radius 3 is 2.75 bits per heavy atom. The lowest BCUT2D eigenvalue weighted by Gasteiger charge is -2.26. The first kappa shape index (κ1) is 16.2. The van der Waals surface area contributed by atoms with Crippen LogP contribution in [0.2, 0.25) is 0 Å². The van der Waals surface area contributed by atoms with Crippen molar-refractivity contribution >= 4 is 11.8 Å². The minimum absolute atomic E-state index is 0.0507. The lowest BCUT2D eigenvalue weighted by Crippen LogP contribution is -2.39. The first-order valence-electron chi connectivity index (χ1n) is 7.75.